The number of aliphatic hydroxyl groups is 2. The van der Waals surface area contributed by atoms with E-state index in [2.05, 4.69) is 53.2 Å². The number of aliphatic carboxylic acids is 1. The fourth-order valence-corrected chi connectivity index (χ4v) is 8.33. The van der Waals surface area contributed by atoms with E-state index in [1.165, 1.54) is 0 Å². The largest absolute Gasteiger partial charge is 0.480 e. The third-order valence-electron chi connectivity index (χ3n) is 12.9. The minimum absolute atomic E-state index is 0.0302. The van der Waals surface area contributed by atoms with Crippen LogP contribution in [-0.2, 0) is 76.7 Å². The van der Waals surface area contributed by atoms with E-state index in [4.69, 9.17) is 34.4 Å². The molecule has 36 nitrogen and oxygen atoms in total. The Morgan fingerprint density at radius 1 is 0.512 bits per heavy atom. The van der Waals surface area contributed by atoms with E-state index < -0.39 is 212 Å². The number of carboxylic acids is 1. The molecule has 0 saturated carbocycles. The van der Waals surface area contributed by atoms with Crippen LogP contribution in [0.1, 0.15) is 112 Å². The maximum Gasteiger partial charge on any atom is 0.325 e. The molecule has 0 unspecified atom stereocenters. The van der Waals surface area contributed by atoms with Crippen LogP contribution >= 0.6 is 0 Å². The molecule has 0 spiro atoms. The Kier molecular flexibility index (Phi) is 32.4. The Morgan fingerprint density at radius 2 is 0.988 bits per heavy atom. The lowest BCUT2D eigenvalue weighted by Crippen LogP contribution is -2.62. The molecule has 0 aromatic heterocycles. The van der Waals surface area contributed by atoms with Crippen LogP contribution in [0.15, 0.2) is 0 Å². The van der Waals surface area contributed by atoms with Crippen LogP contribution < -0.4 is 87.6 Å². The van der Waals surface area contributed by atoms with Crippen molar-refractivity contribution < 1.29 is 92.0 Å². The van der Waals surface area contributed by atoms with E-state index in [0.29, 0.717) is 6.42 Å². The predicted molar refractivity (Wildman–Crippen MR) is 298 cm³/mol. The number of hydrogen-bond acceptors (Lipinski definition) is 20. The second-order valence-electron chi connectivity index (χ2n) is 21.1. The van der Waals surface area contributed by atoms with Gasteiger partial charge in [-0.3, -0.25) is 76.7 Å². The van der Waals surface area contributed by atoms with Crippen LogP contribution in [0.3, 0.4) is 0 Å². The minimum Gasteiger partial charge on any atom is -0.480 e. The Morgan fingerprint density at radius 3 is 1.49 bits per heavy atom. The van der Waals surface area contributed by atoms with Gasteiger partial charge in [0.05, 0.1) is 44.1 Å². The first-order valence-electron chi connectivity index (χ1n) is 27.5. The highest BCUT2D eigenvalue weighted by Gasteiger charge is 2.42. The molecule has 0 radical (unpaired) electrons. The molecule has 13 atom stereocenters. The van der Waals surface area contributed by atoms with Crippen molar-refractivity contribution in [3.63, 3.8) is 0 Å². The van der Waals surface area contributed by atoms with Gasteiger partial charge in [0.25, 0.3) is 0 Å². The van der Waals surface area contributed by atoms with Crippen LogP contribution in [0, 0.1) is 5.92 Å². The standard InChI is InChI=1S/C50H85N17O19/c1-21(2)16-29(46(81)65-38(24(5)68)48(83)62-27(10-7-8-14-51)42(77)64-31(19-36(56)73)45(80)59-23(4)50(85)86)63-43(78)28(12-13-33(53)70)61-47(82)32-11-9-15-67(32)49(84)39(25(6)69)66-40(75)22(3)58-44(79)30(18-35(55)72)60-37(74)20-57-41(76)26(52)17-34(54)71/h21-32,38-39,68-69H,7-20,51-52H2,1-6H3,(H2,53,70)(H2,54,71)(H2,55,72)(H2,56,73)(H,57,76)(H,58,79)(H,59,80)(H,60,74)(H,61,82)(H,62,83)(H,63,78)(H,64,77)(H,65,81)(H,66,75)(H,85,86)/t22-,23-,24+,25+,26-,27-,28-,29-,30-,31-,32-,38-,39-/m0/s1. The van der Waals surface area contributed by atoms with Gasteiger partial charge in [-0.15, -0.1) is 0 Å². The van der Waals surface area contributed by atoms with Gasteiger partial charge in [0.15, 0.2) is 0 Å². The van der Waals surface area contributed by atoms with E-state index in [-0.39, 0.29) is 51.1 Å². The normalized spacial score (nSPS) is 17.0. The quantitative estimate of drug-likeness (QED) is 0.0254. The molecule has 1 aliphatic rings. The van der Waals surface area contributed by atoms with Crippen molar-refractivity contribution in [2.45, 2.75) is 191 Å². The summed E-state index contributed by atoms with van der Waals surface area (Å²) in [6.07, 6.45) is -6.00. The lowest BCUT2D eigenvalue weighted by molar-refractivity contribution is -0.144. The van der Waals surface area contributed by atoms with E-state index in [1.54, 1.807) is 13.8 Å². The zero-order valence-corrected chi connectivity index (χ0v) is 48.8. The van der Waals surface area contributed by atoms with Gasteiger partial charge in [0.1, 0.15) is 60.4 Å². The molecular weight excluding hydrogens is 1140 g/mol. The molecule has 0 aromatic rings. The molecule has 0 bridgehead atoms. The average molecular weight is 1230 g/mol. The SMILES string of the molecule is CC(C)C[C@H](NC(=O)[C@H](CCC(N)=O)NC(=O)[C@@H]1CCCN1C(=O)[C@@H](NC(=O)[C@H](C)NC(=O)[C@H](CC(N)=O)NC(=O)CNC(=O)[C@@H](N)CC(N)=O)[C@@H](C)O)C(=O)N[C@H](C(=O)N[C@@H](CCCCN)C(=O)N[C@@H](CC(N)=O)C(=O)N[C@@H](C)C(=O)O)[C@@H](C)O. The molecule has 25 N–H and O–H groups in total. The summed E-state index contributed by atoms with van der Waals surface area (Å²) in [6.45, 7) is 7.08. The van der Waals surface area contributed by atoms with Crippen LogP contribution in [0.4, 0.5) is 0 Å². The minimum atomic E-state index is -1.84. The van der Waals surface area contributed by atoms with Gasteiger partial charge in [-0.25, -0.2) is 0 Å². The van der Waals surface area contributed by atoms with Crippen molar-refractivity contribution >= 4 is 94.6 Å². The number of primary amides is 4. The Balaban J connectivity index is 3.37. The number of hydrogen-bond donors (Lipinski definition) is 19. The van der Waals surface area contributed by atoms with Crippen molar-refractivity contribution in [3.8, 4) is 0 Å². The van der Waals surface area contributed by atoms with Crippen LogP contribution in [0.5, 0.6) is 0 Å². The Labute approximate surface area is 494 Å². The third-order valence-corrected chi connectivity index (χ3v) is 12.9. The summed E-state index contributed by atoms with van der Waals surface area (Å²) in [4.78, 5) is 207. The molecule has 1 fully saturated rings. The summed E-state index contributed by atoms with van der Waals surface area (Å²) in [6, 6.07) is -17.5. The zero-order chi connectivity index (χ0) is 65.9. The number of rotatable bonds is 39. The average Bonchev–Trinajstić information content (AvgIpc) is 4.08. The van der Waals surface area contributed by atoms with E-state index in [1.807, 2.05) is 0 Å². The number of aliphatic hydroxyl groups excluding tert-OH is 2. The first-order valence-corrected chi connectivity index (χ1v) is 27.5. The predicted octanol–water partition coefficient (Wildman–Crippen LogP) is -10.3. The lowest BCUT2D eigenvalue weighted by atomic mass is 10.0. The molecule has 0 aliphatic carbocycles. The van der Waals surface area contributed by atoms with E-state index in [0.717, 1.165) is 32.6 Å². The summed E-state index contributed by atoms with van der Waals surface area (Å²) in [5.74, 6) is -17.3. The summed E-state index contributed by atoms with van der Waals surface area (Å²) in [5, 5.41) is 53.7. The summed E-state index contributed by atoms with van der Waals surface area (Å²) in [7, 11) is 0. The number of carbonyl (C=O) groups excluding carboxylic acids is 15. The van der Waals surface area contributed by atoms with Gasteiger partial charge < -0.3 is 108 Å². The zero-order valence-electron chi connectivity index (χ0n) is 48.8. The number of amides is 15. The van der Waals surface area contributed by atoms with Gasteiger partial charge in [0.2, 0.25) is 88.6 Å². The second kappa shape index (κ2) is 36.9. The number of likely N-dealkylation sites (tertiary alicyclic amines) is 1. The van der Waals surface area contributed by atoms with E-state index >= 15 is 0 Å². The van der Waals surface area contributed by atoms with Crippen LogP contribution in [-0.4, -0.2) is 213 Å². The van der Waals surface area contributed by atoms with Crippen molar-refractivity contribution in [1.29, 1.82) is 0 Å². The number of unbranched alkanes of at least 4 members (excludes halogenated alkanes) is 1. The molecule has 484 valence electrons. The Bertz CT molecular complexity index is 2480. The molecule has 1 saturated heterocycles. The molecule has 86 heavy (non-hydrogen) atoms. The number of nitrogens with two attached hydrogens (primary N) is 6. The highest BCUT2D eigenvalue weighted by atomic mass is 16.4. The number of nitrogens with zero attached hydrogens (tertiary/aromatic N) is 1. The van der Waals surface area contributed by atoms with Crippen molar-refractivity contribution in [3.05, 3.63) is 0 Å². The maximum absolute atomic E-state index is 14.1. The number of carbonyl (C=O) groups is 16. The second-order valence-corrected chi connectivity index (χ2v) is 21.1. The van der Waals surface area contributed by atoms with Gasteiger partial charge in [0, 0.05) is 13.0 Å². The fourth-order valence-electron chi connectivity index (χ4n) is 8.33. The van der Waals surface area contributed by atoms with Crippen molar-refractivity contribution in [2.75, 3.05) is 19.6 Å². The highest BCUT2D eigenvalue weighted by molar-refractivity contribution is 6.00. The lowest BCUT2D eigenvalue weighted by Gasteiger charge is -2.32. The van der Waals surface area contributed by atoms with Gasteiger partial charge >= 0.3 is 5.97 Å². The molecular formula is C50H85N17O19. The summed E-state index contributed by atoms with van der Waals surface area (Å²) in [5.41, 5.74) is 32.1. The summed E-state index contributed by atoms with van der Waals surface area (Å²) < 4.78 is 0. The topological polar surface area (TPSA) is 613 Å². The van der Waals surface area contributed by atoms with Gasteiger partial charge in [-0.1, -0.05) is 13.8 Å². The van der Waals surface area contributed by atoms with Crippen molar-refractivity contribution in [2.24, 2.45) is 40.3 Å². The molecule has 1 heterocycles. The van der Waals surface area contributed by atoms with Crippen LogP contribution in [0.2, 0.25) is 0 Å². The molecule has 1 aliphatic heterocycles. The third kappa shape index (κ3) is 26.9. The molecule has 15 amide bonds. The highest BCUT2D eigenvalue weighted by Crippen LogP contribution is 2.21. The van der Waals surface area contributed by atoms with Crippen LogP contribution in [0.25, 0.3) is 0 Å². The summed E-state index contributed by atoms with van der Waals surface area (Å²) >= 11 is 0. The number of carboxylic acid groups (broad SMARTS) is 1. The fraction of sp³-hybridized carbons (Fsp3) is 0.680. The van der Waals surface area contributed by atoms with Crippen molar-refractivity contribution in [1.82, 2.24) is 58.1 Å². The smallest absolute Gasteiger partial charge is 0.325 e. The maximum atomic E-state index is 14.1. The Hall–Kier alpha value is -8.64. The van der Waals surface area contributed by atoms with Gasteiger partial charge in [-0.05, 0) is 85.1 Å². The first-order chi connectivity index (χ1) is 40.0. The number of nitrogens with one attached hydrogen (secondary N) is 10. The first kappa shape index (κ1) is 75.4. The molecule has 36 heteroatoms. The van der Waals surface area contributed by atoms with E-state index in [9.17, 15) is 92.0 Å². The monoisotopic (exact) mass is 1230 g/mol. The van der Waals surface area contributed by atoms with Gasteiger partial charge in [-0.2, -0.15) is 0 Å². The molecule has 0 aromatic carbocycles. The molecule has 1 rings (SSSR count).